The van der Waals surface area contributed by atoms with E-state index >= 15 is 0 Å². The van der Waals surface area contributed by atoms with E-state index in [-0.39, 0.29) is 0 Å². The molecule has 4 rings (SSSR count). The Morgan fingerprint density at radius 1 is 0.444 bits per heavy atom. The van der Waals surface area contributed by atoms with Crippen LogP contribution in [0.2, 0.25) is 0 Å². The maximum atomic E-state index is 12.8. The van der Waals surface area contributed by atoms with Crippen molar-refractivity contribution in [2.24, 2.45) is 0 Å². The quantitative estimate of drug-likeness (QED) is 0.344. The van der Waals surface area contributed by atoms with Crippen molar-refractivity contribution in [2.75, 3.05) is 0 Å². The fourth-order valence-electron chi connectivity index (χ4n) is 3.80. The molecule has 0 aromatic heterocycles. The van der Waals surface area contributed by atoms with Gasteiger partial charge >= 0.3 is 11.9 Å². The summed E-state index contributed by atoms with van der Waals surface area (Å²) in [7, 11) is 0. The minimum atomic E-state index is -2.14. The molecule has 0 saturated carbocycles. The number of benzene rings is 4. The van der Waals surface area contributed by atoms with Crippen LogP contribution in [-0.2, 0) is 19.1 Å². The summed E-state index contributed by atoms with van der Waals surface area (Å²) in [5.74, 6) is -2.29. The van der Waals surface area contributed by atoms with Crippen molar-refractivity contribution < 1.29 is 29.3 Å². The highest BCUT2D eigenvalue weighted by Gasteiger charge is 2.36. The summed E-state index contributed by atoms with van der Waals surface area (Å²) in [5.41, 5.74) is 2.70. The summed E-state index contributed by atoms with van der Waals surface area (Å²) >= 11 is 0. The first kappa shape index (κ1) is 24.9. The van der Waals surface area contributed by atoms with E-state index < -0.39 is 36.4 Å². The molecule has 0 saturated heterocycles. The van der Waals surface area contributed by atoms with Crippen molar-refractivity contribution >= 4 is 11.9 Å². The number of hydrogen-bond donors (Lipinski definition) is 2. The van der Waals surface area contributed by atoms with Gasteiger partial charge in [0.2, 0.25) is 0 Å². The lowest BCUT2D eigenvalue weighted by Gasteiger charge is -2.24. The number of rotatable bonds is 9. The maximum Gasteiger partial charge on any atom is 0.339 e. The molecule has 4 aromatic carbocycles. The highest BCUT2D eigenvalue weighted by atomic mass is 16.6. The molecule has 6 heteroatoms. The van der Waals surface area contributed by atoms with E-state index in [9.17, 15) is 19.8 Å². The normalized spacial score (nSPS) is 12.7. The summed E-state index contributed by atoms with van der Waals surface area (Å²) in [6.45, 7) is 0. The minimum Gasteiger partial charge on any atom is -0.451 e. The van der Waals surface area contributed by atoms with E-state index in [1.165, 1.54) is 0 Å². The summed E-state index contributed by atoms with van der Waals surface area (Å²) in [6, 6.07) is 36.0. The molecule has 0 aliphatic carbocycles. The van der Waals surface area contributed by atoms with Gasteiger partial charge in [-0.05, 0) is 22.3 Å². The lowest BCUT2D eigenvalue weighted by molar-refractivity contribution is -0.177. The molecule has 182 valence electrons. The van der Waals surface area contributed by atoms with Gasteiger partial charge in [-0.1, -0.05) is 121 Å². The molecule has 4 aromatic rings. The molecular weight excluding hydrogens is 456 g/mol. The van der Waals surface area contributed by atoms with Crippen LogP contribution in [0.5, 0.6) is 0 Å². The molecule has 0 radical (unpaired) electrons. The van der Waals surface area contributed by atoms with E-state index in [0.717, 1.165) is 0 Å². The number of carbonyl (C=O) groups excluding carboxylic acids is 2. The van der Waals surface area contributed by atoms with Crippen LogP contribution in [0.1, 0.15) is 34.5 Å². The van der Waals surface area contributed by atoms with E-state index in [1.54, 1.807) is 97.1 Å². The monoisotopic (exact) mass is 482 g/mol. The van der Waals surface area contributed by atoms with Crippen molar-refractivity contribution in [2.45, 2.75) is 24.4 Å². The van der Waals surface area contributed by atoms with Crippen LogP contribution >= 0.6 is 0 Å². The Labute approximate surface area is 209 Å². The number of carbonyl (C=O) groups is 2. The number of aliphatic hydroxyl groups is 2. The van der Waals surface area contributed by atoms with Crippen LogP contribution < -0.4 is 0 Å². The molecule has 2 N–H and O–H groups in total. The second-order valence-corrected chi connectivity index (χ2v) is 8.17. The molecule has 0 heterocycles. The van der Waals surface area contributed by atoms with Crippen molar-refractivity contribution in [3.8, 4) is 0 Å². The Morgan fingerprint density at radius 2 is 0.667 bits per heavy atom. The van der Waals surface area contributed by atoms with Crippen LogP contribution in [0.3, 0.4) is 0 Å². The Bertz CT molecular complexity index is 1070. The first-order valence-electron chi connectivity index (χ1n) is 11.5. The third-order valence-electron chi connectivity index (χ3n) is 5.66. The summed E-state index contributed by atoms with van der Waals surface area (Å²) < 4.78 is 11.1. The first-order chi connectivity index (χ1) is 17.5. The molecule has 0 aliphatic rings. The van der Waals surface area contributed by atoms with Gasteiger partial charge in [-0.25, -0.2) is 9.59 Å². The lowest BCUT2D eigenvalue weighted by Crippen LogP contribution is -2.42. The molecule has 0 fully saturated rings. The van der Waals surface area contributed by atoms with Gasteiger partial charge in [0, 0.05) is 0 Å². The molecule has 6 nitrogen and oxygen atoms in total. The van der Waals surface area contributed by atoms with Gasteiger partial charge < -0.3 is 19.7 Å². The van der Waals surface area contributed by atoms with Crippen molar-refractivity contribution in [3.05, 3.63) is 144 Å². The molecule has 36 heavy (non-hydrogen) atoms. The molecular formula is C30H26O6. The molecule has 0 amide bonds. The van der Waals surface area contributed by atoms with E-state index in [1.807, 2.05) is 24.3 Å². The predicted molar refractivity (Wildman–Crippen MR) is 134 cm³/mol. The summed E-state index contributed by atoms with van der Waals surface area (Å²) in [5, 5.41) is 21.1. The molecule has 0 spiro atoms. The average molecular weight is 483 g/mol. The van der Waals surface area contributed by atoms with Gasteiger partial charge in [0.25, 0.3) is 0 Å². The zero-order valence-corrected chi connectivity index (χ0v) is 19.4. The zero-order chi connectivity index (χ0) is 25.3. The number of hydrogen-bond acceptors (Lipinski definition) is 6. The van der Waals surface area contributed by atoms with Crippen LogP contribution in [0, 0.1) is 0 Å². The maximum absolute atomic E-state index is 12.8. The average Bonchev–Trinajstić information content (AvgIpc) is 2.95. The highest BCUT2D eigenvalue weighted by molar-refractivity contribution is 5.85. The van der Waals surface area contributed by atoms with Gasteiger partial charge in [-0.3, -0.25) is 0 Å². The summed E-state index contributed by atoms with van der Waals surface area (Å²) in [4.78, 5) is 25.7. The fraction of sp³-hybridized carbons (Fsp3) is 0.133. The van der Waals surface area contributed by atoms with Crippen molar-refractivity contribution in [1.29, 1.82) is 0 Å². The first-order valence-corrected chi connectivity index (χ1v) is 11.5. The largest absolute Gasteiger partial charge is 0.451 e. The number of aliphatic hydroxyl groups excluding tert-OH is 2. The van der Waals surface area contributed by atoms with Gasteiger partial charge in [-0.15, -0.1) is 0 Å². The number of ether oxygens (including phenoxy) is 2. The minimum absolute atomic E-state index is 0.675. The second-order valence-electron chi connectivity index (χ2n) is 8.17. The molecule has 2 atom stereocenters. The van der Waals surface area contributed by atoms with E-state index in [0.29, 0.717) is 22.3 Å². The fourth-order valence-corrected chi connectivity index (χ4v) is 3.80. The van der Waals surface area contributed by atoms with Crippen molar-refractivity contribution in [1.82, 2.24) is 0 Å². The molecule has 0 unspecified atom stereocenters. The van der Waals surface area contributed by atoms with Crippen LogP contribution in [0.25, 0.3) is 0 Å². The smallest absolute Gasteiger partial charge is 0.339 e. The van der Waals surface area contributed by atoms with Gasteiger partial charge in [0.15, 0.2) is 24.4 Å². The van der Waals surface area contributed by atoms with Gasteiger partial charge in [-0.2, -0.15) is 0 Å². The van der Waals surface area contributed by atoms with Crippen molar-refractivity contribution in [3.63, 3.8) is 0 Å². The third-order valence-corrected chi connectivity index (χ3v) is 5.66. The van der Waals surface area contributed by atoms with Crippen LogP contribution in [0.4, 0.5) is 0 Å². The topological polar surface area (TPSA) is 93.1 Å². The Kier molecular flexibility index (Phi) is 8.24. The SMILES string of the molecule is O=C(OC(c1ccccc1)c1ccccc1)[C@H](O)[C@@H](O)C(=O)OC(c1ccccc1)c1ccccc1. The van der Waals surface area contributed by atoms with Crippen LogP contribution in [-0.4, -0.2) is 34.4 Å². The second kappa shape index (κ2) is 11.9. The third kappa shape index (κ3) is 6.05. The van der Waals surface area contributed by atoms with Gasteiger partial charge in [0.1, 0.15) is 0 Å². The molecule has 0 bridgehead atoms. The Balaban J connectivity index is 1.50. The Hall–Kier alpha value is -4.26. The highest BCUT2D eigenvalue weighted by Crippen LogP contribution is 2.28. The van der Waals surface area contributed by atoms with E-state index in [4.69, 9.17) is 9.47 Å². The Morgan fingerprint density at radius 3 is 0.889 bits per heavy atom. The number of esters is 2. The summed E-state index contributed by atoms with van der Waals surface area (Å²) in [6.07, 6.45) is -5.95. The predicted octanol–water partition coefficient (Wildman–Crippen LogP) is 4.37. The van der Waals surface area contributed by atoms with Crippen LogP contribution in [0.15, 0.2) is 121 Å². The molecule has 0 aliphatic heterocycles. The standard InChI is InChI=1S/C30H26O6/c31-25(29(33)35-27(21-13-5-1-6-14-21)22-15-7-2-8-16-22)26(32)30(34)36-28(23-17-9-3-10-18-23)24-19-11-4-12-20-24/h1-20,25-28,31-32H/t25-,26-/m1/s1. The zero-order valence-electron chi connectivity index (χ0n) is 19.4. The van der Waals surface area contributed by atoms with Gasteiger partial charge in [0.05, 0.1) is 0 Å². The lowest BCUT2D eigenvalue weighted by atomic mass is 10.0. The van der Waals surface area contributed by atoms with E-state index in [2.05, 4.69) is 0 Å².